The average Bonchev–Trinajstić information content (AvgIpc) is 2.68. The van der Waals surface area contributed by atoms with E-state index < -0.39 is 0 Å². The van der Waals surface area contributed by atoms with Gasteiger partial charge in [-0.05, 0) is 23.6 Å². The first-order valence-electron chi connectivity index (χ1n) is 6.19. The van der Waals surface area contributed by atoms with E-state index in [-0.39, 0.29) is 6.04 Å². The van der Waals surface area contributed by atoms with E-state index in [2.05, 4.69) is 17.9 Å². The lowest BCUT2D eigenvalue weighted by Gasteiger charge is -2.15. The van der Waals surface area contributed by atoms with E-state index in [4.69, 9.17) is 15.7 Å². The summed E-state index contributed by atoms with van der Waals surface area (Å²) in [5.41, 5.74) is 7.73. The van der Waals surface area contributed by atoms with Crippen molar-refractivity contribution in [2.75, 3.05) is 20.2 Å². The fourth-order valence-electron chi connectivity index (χ4n) is 2.42. The van der Waals surface area contributed by atoms with Crippen molar-refractivity contribution in [1.29, 1.82) is 5.26 Å². The van der Waals surface area contributed by atoms with E-state index in [1.54, 1.807) is 7.11 Å². The van der Waals surface area contributed by atoms with Crippen molar-refractivity contribution >= 4 is 0 Å². The number of methoxy groups -OCH3 is 1. The number of hydrogen-bond donors (Lipinski definition) is 1. The molecular weight excluding hydrogens is 226 g/mol. The largest absolute Gasteiger partial charge is 0.495 e. The van der Waals surface area contributed by atoms with E-state index in [0.29, 0.717) is 17.2 Å². The van der Waals surface area contributed by atoms with Crippen LogP contribution in [0.1, 0.15) is 18.1 Å². The van der Waals surface area contributed by atoms with Crippen LogP contribution < -0.4 is 10.5 Å². The van der Waals surface area contributed by atoms with Gasteiger partial charge in [0.1, 0.15) is 11.8 Å². The average molecular weight is 245 g/mol. The normalized spacial score (nSPS) is 23.9. The predicted octanol–water partition coefficient (Wildman–Crippen LogP) is 1.35. The first-order valence-corrected chi connectivity index (χ1v) is 6.19. The Kier molecular flexibility index (Phi) is 3.85. The molecule has 1 aromatic carbocycles. The molecule has 4 heteroatoms. The van der Waals surface area contributed by atoms with Gasteiger partial charge in [-0.3, -0.25) is 4.90 Å². The second-order valence-electron chi connectivity index (χ2n) is 4.98. The molecule has 0 radical (unpaired) electrons. The number of hydrogen-bond acceptors (Lipinski definition) is 4. The van der Waals surface area contributed by atoms with Crippen molar-refractivity contribution in [3.63, 3.8) is 0 Å². The van der Waals surface area contributed by atoms with Crippen molar-refractivity contribution in [3.8, 4) is 11.8 Å². The number of likely N-dealkylation sites (tertiary alicyclic amines) is 1. The van der Waals surface area contributed by atoms with Crippen LogP contribution in [-0.4, -0.2) is 31.1 Å². The van der Waals surface area contributed by atoms with Gasteiger partial charge in [0.05, 0.1) is 12.7 Å². The number of rotatable bonds is 3. The minimum atomic E-state index is 0.263. The van der Waals surface area contributed by atoms with Crippen LogP contribution in [0.15, 0.2) is 18.2 Å². The summed E-state index contributed by atoms with van der Waals surface area (Å²) in [6.45, 7) is 4.97. The summed E-state index contributed by atoms with van der Waals surface area (Å²) in [5.74, 6) is 1.17. The molecular formula is C14H19N3O. The lowest BCUT2D eigenvalue weighted by molar-refractivity contribution is 0.318. The highest BCUT2D eigenvalue weighted by Gasteiger charge is 2.26. The molecule has 1 saturated heterocycles. The minimum Gasteiger partial charge on any atom is -0.495 e. The first kappa shape index (κ1) is 12.9. The maximum Gasteiger partial charge on any atom is 0.136 e. The molecule has 0 aliphatic carbocycles. The maximum absolute atomic E-state index is 9.06. The predicted molar refractivity (Wildman–Crippen MR) is 70.1 cm³/mol. The lowest BCUT2D eigenvalue weighted by atomic mass is 10.1. The molecule has 0 spiro atoms. The van der Waals surface area contributed by atoms with Gasteiger partial charge in [-0.15, -0.1) is 0 Å². The summed E-state index contributed by atoms with van der Waals surface area (Å²) in [6.07, 6.45) is 0. The number of benzene rings is 1. The summed E-state index contributed by atoms with van der Waals surface area (Å²) in [4.78, 5) is 2.33. The number of ether oxygens (including phenoxy) is 1. The van der Waals surface area contributed by atoms with Gasteiger partial charge in [-0.1, -0.05) is 13.0 Å². The third-order valence-electron chi connectivity index (χ3n) is 3.54. The molecule has 0 bridgehead atoms. The topological polar surface area (TPSA) is 62.3 Å². The molecule has 4 nitrogen and oxygen atoms in total. The van der Waals surface area contributed by atoms with Gasteiger partial charge >= 0.3 is 0 Å². The second-order valence-corrected chi connectivity index (χ2v) is 4.98. The van der Waals surface area contributed by atoms with Gasteiger partial charge in [0.2, 0.25) is 0 Å². The van der Waals surface area contributed by atoms with Crippen molar-refractivity contribution in [1.82, 2.24) is 4.90 Å². The van der Waals surface area contributed by atoms with E-state index in [1.807, 2.05) is 18.2 Å². The van der Waals surface area contributed by atoms with Crippen LogP contribution in [0.25, 0.3) is 0 Å². The molecule has 2 atom stereocenters. The molecule has 0 aromatic heterocycles. The highest BCUT2D eigenvalue weighted by Crippen LogP contribution is 2.22. The molecule has 2 rings (SSSR count). The Bertz CT molecular complexity index is 457. The summed E-state index contributed by atoms with van der Waals surface area (Å²) in [6, 6.07) is 8.18. The molecule has 18 heavy (non-hydrogen) atoms. The van der Waals surface area contributed by atoms with Gasteiger partial charge in [-0.25, -0.2) is 0 Å². The Morgan fingerprint density at radius 1 is 1.50 bits per heavy atom. The van der Waals surface area contributed by atoms with E-state index in [9.17, 15) is 0 Å². The highest BCUT2D eigenvalue weighted by atomic mass is 16.5. The van der Waals surface area contributed by atoms with Crippen LogP contribution in [-0.2, 0) is 6.54 Å². The molecule has 0 saturated carbocycles. The van der Waals surface area contributed by atoms with Crippen LogP contribution >= 0.6 is 0 Å². The third kappa shape index (κ3) is 2.63. The van der Waals surface area contributed by atoms with Gasteiger partial charge in [0.15, 0.2) is 0 Å². The standard InChI is InChI=1S/C14H19N3O/c1-10-7-17(9-13(10)16)8-11-3-4-14(18-2)12(5-11)6-15/h3-5,10,13H,7-9,16H2,1-2H3. The van der Waals surface area contributed by atoms with Gasteiger partial charge in [0.25, 0.3) is 0 Å². The van der Waals surface area contributed by atoms with Crippen molar-refractivity contribution < 1.29 is 4.74 Å². The third-order valence-corrected chi connectivity index (χ3v) is 3.54. The summed E-state index contributed by atoms with van der Waals surface area (Å²) >= 11 is 0. The number of nitrogens with two attached hydrogens (primary N) is 1. The van der Waals surface area contributed by atoms with Gasteiger partial charge in [0, 0.05) is 25.7 Å². The molecule has 1 aliphatic heterocycles. The fourth-order valence-corrected chi connectivity index (χ4v) is 2.42. The molecule has 2 N–H and O–H groups in total. The van der Waals surface area contributed by atoms with Gasteiger partial charge < -0.3 is 10.5 Å². The van der Waals surface area contributed by atoms with Crippen molar-refractivity contribution in [2.24, 2.45) is 11.7 Å². The van der Waals surface area contributed by atoms with Crippen LogP contribution in [0.2, 0.25) is 0 Å². The monoisotopic (exact) mass is 245 g/mol. The minimum absolute atomic E-state index is 0.263. The molecule has 1 fully saturated rings. The van der Waals surface area contributed by atoms with E-state index >= 15 is 0 Å². The zero-order chi connectivity index (χ0) is 13.1. The Hall–Kier alpha value is -1.57. The quantitative estimate of drug-likeness (QED) is 0.873. The number of nitrogens with zero attached hydrogens (tertiary/aromatic N) is 2. The smallest absolute Gasteiger partial charge is 0.136 e. The molecule has 0 amide bonds. The van der Waals surface area contributed by atoms with E-state index in [0.717, 1.165) is 25.2 Å². The molecule has 1 heterocycles. The Morgan fingerprint density at radius 3 is 2.83 bits per heavy atom. The Morgan fingerprint density at radius 2 is 2.28 bits per heavy atom. The maximum atomic E-state index is 9.06. The second kappa shape index (κ2) is 5.38. The van der Waals surface area contributed by atoms with Crippen LogP contribution in [0, 0.1) is 17.2 Å². The highest BCUT2D eigenvalue weighted by molar-refractivity contribution is 5.45. The van der Waals surface area contributed by atoms with Crippen LogP contribution in [0.5, 0.6) is 5.75 Å². The van der Waals surface area contributed by atoms with Crippen molar-refractivity contribution in [2.45, 2.75) is 19.5 Å². The summed E-state index contributed by atoms with van der Waals surface area (Å²) in [7, 11) is 1.58. The molecule has 1 aromatic rings. The Labute approximate surface area is 108 Å². The van der Waals surface area contributed by atoms with Crippen LogP contribution in [0.4, 0.5) is 0 Å². The SMILES string of the molecule is COc1ccc(CN2CC(C)C(N)C2)cc1C#N. The number of nitriles is 1. The zero-order valence-electron chi connectivity index (χ0n) is 10.9. The molecule has 2 unspecified atom stereocenters. The van der Waals surface area contributed by atoms with Gasteiger partial charge in [-0.2, -0.15) is 5.26 Å². The van der Waals surface area contributed by atoms with Crippen LogP contribution in [0.3, 0.4) is 0 Å². The molecule has 1 aliphatic rings. The first-order chi connectivity index (χ1) is 8.63. The Balaban J connectivity index is 2.09. The lowest BCUT2D eigenvalue weighted by Crippen LogP contribution is -2.28. The summed E-state index contributed by atoms with van der Waals surface area (Å²) < 4.78 is 5.14. The van der Waals surface area contributed by atoms with E-state index in [1.165, 1.54) is 0 Å². The zero-order valence-corrected chi connectivity index (χ0v) is 10.9. The molecule has 96 valence electrons. The summed E-state index contributed by atoms with van der Waals surface area (Å²) in [5, 5.41) is 9.06. The fraction of sp³-hybridized carbons (Fsp3) is 0.500. The van der Waals surface area contributed by atoms with Crippen molar-refractivity contribution in [3.05, 3.63) is 29.3 Å².